The molecular formula is C51H80O9S2. The predicted octanol–water partition coefficient (Wildman–Crippen LogP) is 10.5. The zero-order chi connectivity index (χ0) is 45.0. The van der Waals surface area contributed by atoms with Gasteiger partial charge in [-0.25, -0.2) is 0 Å². The molecule has 0 bridgehead atoms. The summed E-state index contributed by atoms with van der Waals surface area (Å²) in [6.07, 6.45) is 3.71. The van der Waals surface area contributed by atoms with Crippen molar-refractivity contribution in [3.8, 4) is 5.75 Å². The number of benzene rings is 2. The fraction of sp³-hybridized carbons (Fsp3) is 0.745. The van der Waals surface area contributed by atoms with Crippen molar-refractivity contribution in [2.45, 2.75) is 179 Å². The molecule has 3 fully saturated rings. The molecule has 13 atom stereocenters. The first-order valence-electron chi connectivity index (χ1n) is 23.5. The predicted molar refractivity (Wildman–Crippen MR) is 252 cm³/mol. The lowest BCUT2D eigenvalue weighted by atomic mass is 9.78. The third-order valence-electron chi connectivity index (χ3n) is 14.4. The summed E-state index contributed by atoms with van der Waals surface area (Å²) in [6, 6.07) is 17.6. The van der Waals surface area contributed by atoms with E-state index in [0.29, 0.717) is 24.9 Å². The first-order valence-corrected chi connectivity index (χ1v) is 25.5. The van der Waals surface area contributed by atoms with Crippen LogP contribution in [0.3, 0.4) is 0 Å². The molecule has 2 aromatic carbocycles. The fourth-order valence-corrected chi connectivity index (χ4v) is 12.7. The third kappa shape index (κ3) is 13.9. The van der Waals surface area contributed by atoms with Gasteiger partial charge in [0.2, 0.25) is 0 Å². The van der Waals surface area contributed by atoms with Crippen molar-refractivity contribution >= 4 is 29.3 Å². The molecule has 0 aromatic heterocycles. The smallest absolute Gasteiger partial charge is 0.169 e. The summed E-state index contributed by atoms with van der Waals surface area (Å²) in [5, 5.41) is 23.2. The first kappa shape index (κ1) is 51.3. The number of aliphatic hydroxyl groups is 2. The van der Waals surface area contributed by atoms with Gasteiger partial charge < -0.3 is 38.6 Å². The molecule has 9 nitrogen and oxygen atoms in total. The Morgan fingerprint density at radius 2 is 1.45 bits per heavy atom. The molecule has 0 aliphatic carbocycles. The van der Waals surface area contributed by atoms with Gasteiger partial charge in [0.05, 0.1) is 61.0 Å². The number of ketones is 1. The number of Topliss-reactive ketones (excluding diaryl/α,β-unsaturated/α-hetero) is 1. The topological polar surface area (TPSA) is 113 Å². The number of rotatable bonds is 23. The van der Waals surface area contributed by atoms with Gasteiger partial charge in [-0.2, -0.15) is 0 Å². The van der Waals surface area contributed by atoms with Crippen molar-refractivity contribution in [3.63, 3.8) is 0 Å². The zero-order valence-corrected chi connectivity index (χ0v) is 41.1. The Morgan fingerprint density at radius 3 is 2.06 bits per heavy atom. The van der Waals surface area contributed by atoms with Crippen LogP contribution in [0, 0.1) is 35.5 Å². The molecule has 2 N–H and O–H groups in total. The Hall–Kier alpha value is -1.67. The number of hydrogen-bond acceptors (Lipinski definition) is 11. The van der Waals surface area contributed by atoms with Gasteiger partial charge in [-0.15, -0.1) is 23.5 Å². The van der Waals surface area contributed by atoms with Crippen LogP contribution < -0.4 is 4.74 Å². The minimum Gasteiger partial charge on any atom is -0.497 e. The van der Waals surface area contributed by atoms with E-state index in [4.69, 9.17) is 28.4 Å². The maximum absolute atomic E-state index is 14.4. The van der Waals surface area contributed by atoms with Gasteiger partial charge in [-0.3, -0.25) is 4.79 Å². The highest BCUT2D eigenvalue weighted by Gasteiger charge is 2.49. The van der Waals surface area contributed by atoms with E-state index >= 15 is 0 Å². The van der Waals surface area contributed by atoms with Gasteiger partial charge in [0.15, 0.2) is 5.79 Å². The van der Waals surface area contributed by atoms with Crippen LogP contribution >= 0.6 is 23.5 Å². The molecule has 0 saturated carbocycles. The number of aliphatic hydroxyl groups excluding tert-OH is 2. The second-order valence-electron chi connectivity index (χ2n) is 19.3. The summed E-state index contributed by atoms with van der Waals surface area (Å²) < 4.78 is 38.8. The van der Waals surface area contributed by atoms with Gasteiger partial charge in [-0.05, 0) is 97.5 Å². The van der Waals surface area contributed by atoms with E-state index in [1.54, 1.807) is 14.2 Å². The summed E-state index contributed by atoms with van der Waals surface area (Å²) in [5.41, 5.74) is 1.92. The maximum atomic E-state index is 14.4. The number of ether oxygens (including phenoxy) is 6. The molecule has 3 aliphatic rings. The number of hydrogen-bond donors (Lipinski definition) is 2. The maximum Gasteiger partial charge on any atom is 0.169 e. The van der Waals surface area contributed by atoms with Crippen molar-refractivity contribution in [1.29, 1.82) is 0 Å². The lowest BCUT2D eigenvalue weighted by Crippen LogP contribution is -2.54. The first-order chi connectivity index (χ1) is 29.6. The molecule has 62 heavy (non-hydrogen) atoms. The summed E-state index contributed by atoms with van der Waals surface area (Å²) in [7, 11) is 3.22. The van der Waals surface area contributed by atoms with Crippen molar-refractivity contribution in [2.75, 3.05) is 25.7 Å². The van der Waals surface area contributed by atoms with Crippen LogP contribution in [0.5, 0.6) is 5.75 Å². The van der Waals surface area contributed by atoms with Crippen LogP contribution in [0.2, 0.25) is 0 Å². The second kappa shape index (κ2) is 24.2. The largest absolute Gasteiger partial charge is 0.497 e. The van der Waals surface area contributed by atoms with Crippen molar-refractivity contribution in [3.05, 3.63) is 65.7 Å². The highest BCUT2D eigenvalue weighted by molar-refractivity contribution is 8.18. The van der Waals surface area contributed by atoms with Gasteiger partial charge in [0, 0.05) is 44.6 Å². The summed E-state index contributed by atoms with van der Waals surface area (Å²) >= 11 is 4.25. The van der Waals surface area contributed by atoms with E-state index in [1.165, 1.54) is 17.9 Å². The van der Waals surface area contributed by atoms with Crippen molar-refractivity contribution in [1.82, 2.24) is 0 Å². The minimum absolute atomic E-state index is 0.0324. The van der Waals surface area contributed by atoms with E-state index in [9.17, 15) is 15.0 Å². The molecular weight excluding hydrogens is 821 g/mol. The Balaban J connectivity index is 1.28. The van der Waals surface area contributed by atoms with Crippen LogP contribution in [-0.4, -0.2) is 94.3 Å². The van der Waals surface area contributed by atoms with E-state index < -0.39 is 42.2 Å². The van der Waals surface area contributed by atoms with Crippen molar-refractivity contribution < 1.29 is 43.4 Å². The average molecular weight is 901 g/mol. The van der Waals surface area contributed by atoms with Crippen LogP contribution in [0.4, 0.5) is 0 Å². The monoisotopic (exact) mass is 901 g/mol. The third-order valence-corrected chi connectivity index (χ3v) is 18.0. The summed E-state index contributed by atoms with van der Waals surface area (Å²) in [4.78, 5) is 14.4. The zero-order valence-electron chi connectivity index (χ0n) is 39.5. The van der Waals surface area contributed by atoms with E-state index in [1.807, 2.05) is 82.3 Å². The fourth-order valence-electron chi connectivity index (χ4n) is 9.51. The van der Waals surface area contributed by atoms with E-state index in [0.717, 1.165) is 55.4 Å². The molecule has 11 heteroatoms. The van der Waals surface area contributed by atoms with E-state index in [-0.39, 0.29) is 52.9 Å². The highest BCUT2D eigenvalue weighted by Crippen LogP contribution is 2.50. The highest BCUT2D eigenvalue weighted by atomic mass is 32.2. The Labute approximate surface area is 382 Å². The van der Waals surface area contributed by atoms with Crippen LogP contribution in [0.25, 0.3) is 0 Å². The van der Waals surface area contributed by atoms with Crippen LogP contribution in [0.15, 0.2) is 54.6 Å². The summed E-state index contributed by atoms with van der Waals surface area (Å²) in [5.74, 6) is 2.77. The average Bonchev–Trinajstić information content (AvgIpc) is 3.28. The van der Waals surface area contributed by atoms with Gasteiger partial charge in [-0.1, -0.05) is 90.9 Å². The quantitative estimate of drug-likeness (QED) is 0.111. The number of methoxy groups -OCH3 is 2. The molecule has 3 aliphatic heterocycles. The van der Waals surface area contributed by atoms with E-state index in [2.05, 4.69) is 51.2 Å². The van der Waals surface area contributed by atoms with Crippen molar-refractivity contribution in [2.24, 2.45) is 35.5 Å². The lowest BCUT2D eigenvalue weighted by Gasteiger charge is -2.51. The molecule has 3 saturated heterocycles. The SMILES string of the molecule is COc1ccc(CO[C@@H](C[C@@H](OCc2ccccc2)[C@H](OC)[C@H](O)C(C)C)[C@@H](C)C(=O)CC(O)[C@@H](C)[C@@H]2O[C@]3(CC[C@@H](C)[C@H](CC[C@H](C)C4(C)SCCCS4)O3)CC[C@@H]2C)cc1. The summed E-state index contributed by atoms with van der Waals surface area (Å²) in [6.45, 7) is 17.7. The Kier molecular flexibility index (Phi) is 20.0. The molecule has 5 rings (SSSR count). The Bertz CT molecular complexity index is 1600. The van der Waals surface area contributed by atoms with Gasteiger partial charge in [0.25, 0.3) is 0 Å². The minimum atomic E-state index is -0.917. The molecule has 1 unspecified atom stereocenters. The second-order valence-corrected chi connectivity index (χ2v) is 22.7. The van der Waals surface area contributed by atoms with Gasteiger partial charge in [0.1, 0.15) is 17.6 Å². The number of thioether (sulfide) groups is 2. The molecule has 2 aromatic rings. The normalized spacial score (nSPS) is 28.1. The number of carbonyl (C=O) groups is 1. The van der Waals surface area contributed by atoms with Crippen LogP contribution in [0.1, 0.15) is 124 Å². The molecule has 0 radical (unpaired) electrons. The lowest BCUT2D eigenvalue weighted by molar-refractivity contribution is -0.340. The van der Waals surface area contributed by atoms with Crippen LogP contribution in [-0.2, 0) is 41.7 Å². The molecule has 1 spiro atoms. The van der Waals surface area contributed by atoms with Gasteiger partial charge >= 0.3 is 0 Å². The number of carbonyl (C=O) groups excluding carboxylic acids is 1. The molecule has 3 heterocycles. The molecule has 0 amide bonds. The standard InChI is InChI=1S/C51H80O9S2/c1-33(2)47(54)49(56-10)46(58-31-39-15-12-11-13-16-39)30-45(57-32-40-18-20-41(55-9)21-19-40)37(6)42(52)29-43(53)38(7)48-35(4)24-26-51(60-48)25-23-34(3)44(59-51)22-17-36(5)50(8)61-27-14-28-62-50/h11-13,15-16,18-21,33-38,43-49,53-54H,14,17,22-32H2,1-10H3/t34-,35+,36+,37+,38-,43?,44+,45+,46-,47-,48-,49+,51-/m1/s1. The molecule has 350 valence electrons. The Morgan fingerprint density at radius 1 is 0.839 bits per heavy atom.